The second kappa shape index (κ2) is 3.66. The summed E-state index contributed by atoms with van der Waals surface area (Å²) >= 11 is 0. The monoisotopic (exact) mass is 190 g/mol. The van der Waals surface area contributed by atoms with Crippen LogP contribution in [-0.4, -0.2) is 51.4 Å². The van der Waals surface area contributed by atoms with E-state index in [1.807, 2.05) is 0 Å². The Balaban J connectivity index is 0.000000563. The predicted octanol–water partition coefficient (Wildman–Crippen LogP) is 2.43. The van der Waals surface area contributed by atoms with Crippen molar-refractivity contribution in [2.24, 2.45) is 29.6 Å². The third-order valence-corrected chi connectivity index (χ3v) is 4.70. The fourth-order valence-electron chi connectivity index (χ4n) is 4.20. The van der Waals surface area contributed by atoms with Crippen LogP contribution in [0.4, 0.5) is 0 Å². The van der Waals surface area contributed by atoms with E-state index in [0.717, 1.165) is 29.6 Å². The molecule has 0 unspecified atom stereocenters. The minimum absolute atomic E-state index is 0. The average Bonchev–Trinajstić information content (AvgIpc) is 1.98. The van der Waals surface area contributed by atoms with Gasteiger partial charge in [-0.3, -0.25) is 0 Å². The van der Waals surface area contributed by atoms with Crippen LogP contribution in [0, 0.1) is 29.6 Å². The van der Waals surface area contributed by atoms with Gasteiger partial charge in [-0.25, -0.2) is 0 Å². The van der Waals surface area contributed by atoms with E-state index >= 15 is 0 Å². The molecule has 4 bridgehead atoms. The molecule has 0 heterocycles. The first-order valence-electron chi connectivity index (χ1n) is 5.33. The molecule has 0 atom stereocenters. The van der Waals surface area contributed by atoms with Gasteiger partial charge >= 0.3 is 51.4 Å². The number of rotatable bonds is 0. The van der Waals surface area contributed by atoms with Crippen molar-refractivity contribution in [3.8, 4) is 0 Å². The van der Waals surface area contributed by atoms with Gasteiger partial charge in [0, 0.05) is 0 Å². The Kier molecular flexibility index (Phi) is 3.10. The fourth-order valence-corrected chi connectivity index (χ4v) is 4.20. The van der Waals surface area contributed by atoms with Crippen molar-refractivity contribution in [1.29, 1.82) is 0 Å². The van der Waals surface area contributed by atoms with Crippen LogP contribution in [0.1, 0.15) is 39.0 Å². The minimum atomic E-state index is 0. The van der Waals surface area contributed by atoms with Crippen LogP contribution in [0.3, 0.4) is 0 Å². The maximum atomic E-state index is 2.51. The average molecular weight is 190 g/mol. The van der Waals surface area contributed by atoms with Crippen molar-refractivity contribution in [3.63, 3.8) is 0 Å². The van der Waals surface area contributed by atoms with Gasteiger partial charge in [-0.05, 0) is 61.7 Å². The zero-order valence-electron chi connectivity index (χ0n) is 7.42. The second-order valence-corrected chi connectivity index (χ2v) is 5.29. The molecule has 0 N–H and O–H groups in total. The number of hydrogen-bond acceptors (Lipinski definition) is 0. The molecule has 64 valence electrons. The van der Waals surface area contributed by atoms with Crippen molar-refractivity contribution in [1.82, 2.24) is 0 Å². The molecule has 12 heavy (non-hydrogen) atoms. The molecule has 4 rings (SSSR count). The Morgan fingerprint density at radius 2 is 1.17 bits per heavy atom. The molecule has 1 heteroatoms. The Labute approximate surface area is 118 Å². The Morgan fingerprint density at radius 1 is 0.750 bits per heavy atom. The molecule has 0 aromatic heterocycles. The summed E-state index contributed by atoms with van der Waals surface area (Å²) in [7, 11) is 0. The van der Waals surface area contributed by atoms with Gasteiger partial charge in [0.25, 0.3) is 0 Å². The molecule has 4 saturated carbocycles. The van der Waals surface area contributed by atoms with E-state index in [1.165, 1.54) is 0 Å². The molecule has 4 aliphatic carbocycles. The Bertz CT molecular complexity index is 148. The molecule has 0 aromatic rings. The molecule has 0 radical (unpaired) electrons. The van der Waals surface area contributed by atoms with E-state index in [4.69, 9.17) is 0 Å². The van der Waals surface area contributed by atoms with Crippen molar-refractivity contribution in [2.75, 3.05) is 0 Å². The first-order chi connectivity index (χ1) is 5.33. The summed E-state index contributed by atoms with van der Waals surface area (Å²) in [4.78, 5) is 0. The molecule has 0 amide bonds. The van der Waals surface area contributed by atoms with E-state index in [-0.39, 0.29) is 51.4 Å². The van der Waals surface area contributed by atoms with E-state index in [1.54, 1.807) is 32.1 Å². The first-order valence-corrected chi connectivity index (χ1v) is 5.33. The van der Waals surface area contributed by atoms with Gasteiger partial charge in [0.05, 0.1) is 0 Å². The van der Waals surface area contributed by atoms with Crippen LogP contribution >= 0.6 is 0 Å². The van der Waals surface area contributed by atoms with Gasteiger partial charge in [0.2, 0.25) is 0 Å². The molecular weight excluding hydrogens is 171 g/mol. The van der Waals surface area contributed by atoms with Crippen LogP contribution in [0.15, 0.2) is 0 Å². The second-order valence-electron chi connectivity index (χ2n) is 5.29. The zero-order valence-corrected chi connectivity index (χ0v) is 7.42. The van der Waals surface area contributed by atoms with Crippen molar-refractivity contribution < 1.29 is 0 Å². The molecular formula is C11H19K. The molecule has 0 saturated heterocycles. The third kappa shape index (κ3) is 1.50. The topological polar surface area (TPSA) is 0 Å². The molecule has 0 spiro atoms. The molecule has 4 aliphatic rings. The van der Waals surface area contributed by atoms with Crippen LogP contribution in [0.2, 0.25) is 0 Å². The van der Waals surface area contributed by atoms with Crippen molar-refractivity contribution in [3.05, 3.63) is 0 Å². The predicted molar refractivity (Wildman–Crippen MR) is 53.4 cm³/mol. The standard InChI is InChI=1S/C11H18.K.H/c1-7-10-3-8-2-9(5-10)6-11(7)4-8;;/h7-11H,2-6H2,1H3;;. The summed E-state index contributed by atoms with van der Waals surface area (Å²) in [5, 5.41) is 0. The summed E-state index contributed by atoms with van der Waals surface area (Å²) in [6.07, 6.45) is 7.96. The molecule has 4 fully saturated rings. The van der Waals surface area contributed by atoms with Gasteiger partial charge in [0.1, 0.15) is 0 Å². The van der Waals surface area contributed by atoms with Crippen LogP contribution in [0.5, 0.6) is 0 Å². The van der Waals surface area contributed by atoms with E-state index in [0.29, 0.717) is 0 Å². The summed E-state index contributed by atoms with van der Waals surface area (Å²) in [6.45, 7) is 2.51. The van der Waals surface area contributed by atoms with Gasteiger partial charge in [0.15, 0.2) is 0 Å². The van der Waals surface area contributed by atoms with Crippen LogP contribution in [0.25, 0.3) is 0 Å². The maximum absolute atomic E-state index is 2.51. The SMILES string of the molecule is CC1C2CC3CC(C2)CC1C3.[KH]. The normalized spacial score (nSPS) is 55.2. The Morgan fingerprint density at radius 3 is 1.58 bits per heavy atom. The fraction of sp³-hybridized carbons (Fsp3) is 1.00. The summed E-state index contributed by atoms with van der Waals surface area (Å²) < 4.78 is 0. The van der Waals surface area contributed by atoms with Gasteiger partial charge in [-0.15, -0.1) is 0 Å². The first kappa shape index (κ1) is 10.2. The van der Waals surface area contributed by atoms with Gasteiger partial charge < -0.3 is 0 Å². The van der Waals surface area contributed by atoms with E-state index in [2.05, 4.69) is 6.92 Å². The van der Waals surface area contributed by atoms with Crippen LogP contribution in [-0.2, 0) is 0 Å². The van der Waals surface area contributed by atoms with Gasteiger partial charge in [-0.1, -0.05) is 6.92 Å². The van der Waals surface area contributed by atoms with Gasteiger partial charge in [-0.2, -0.15) is 0 Å². The molecule has 0 aromatic carbocycles. The molecule has 0 nitrogen and oxygen atoms in total. The summed E-state index contributed by atoms with van der Waals surface area (Å²) in [6, 6.07) is 0. The summed E-state index contributed by atoms with van der Waals surface area (Å²) in [5.41, 5.74) is 0. The van der Waals surface area contributed by atoms with Crippen molar-refractivity contribution in [2.45, 2.75) is 39.0 Å². The van der Waals surface area contributed by atoms with E-state index in [9.17, 15) is 0 Å². The summed E-state index contributed by atoms with van der Waals surface area (Å²) in [5.74, 6) is 5.70. The van der Waals surface area contributed by atoms with Crippen molar-refractivity contribution >= 4 is 51.4 Å². The van der Waals surface area contributed by atoms with E-state index < -0.39 is 0 Å². The van der Waals surface area contributed by atoms with Crippen LogP contribution < -0.4 is 0 Å². The number of hydrogen-bond donors (Lipinski definition) is 0. The zero-order chi connectivity index (χ0) is 7.42. The Hall–Kier alpha value is 1.64. The molecule has 0 aliphatic heterocycles. The third-order valence-electron chi connectivity index (χ3n) is 4.70. The quantitative estimate of drug-likeness (QED) is 0.515.